The van der Waals surface area contributed by atoms with Gasteiger partial charge in [0.25, 0.3) is 5.91 Å². The Labute approximate surface area is 189 Å². The van der Waals surface area contributed by atoms with E-state index in [1.165, 1.54) is 0 Å². The van der Waals surface area contributed by atoms with Crippen LogP contribution in [0.15, 0.2) is 48.7 Å². The highest BCUT2D eigenvalue weighted by molar-refractivity contribution is 6.08. The van der Waals surface area contributed by atoms with E-state index in [-0.39, 0.29) is 5.91 Å². The van der Waals surface area contributed by atoms with Crippen LogP contribution in [0.4, 0.5) is 5.69 Å². The van der Waals surface area contributed by atoms with E-state index in [4.69, 9.17) is 16.2 Å². The van der Waals surface area contributed by atoms with Gasteiger partial charge in [-0.1, -0.05) is 25.1 Å². The molecule has 2 heterocycles. The number of carbonyl (C=O) groups is 1. The highest BCUT2D eigenvalue weighted by Crippen LogP contribution is 2.20. The summed E-state index contributed by atoms with van der Waals surface area (Å²) >= 11 is 0. The molecule has 32 heavy (non-hydrogen) atoms. The smallest absolute Gasteiger partial charge is 0.259 e. The van der Waals surface area contributed by atoms with Crippen LogP contribution < -0.4 is 16.8 Å². The second-order valence-electron chi connectivity index (χ2n) is 7.97. The third-order valence-electron chi connectivity index (χ3n) is 5.49. The topological polar surface area (TPSA) is 108 Å². The molecule has 1 unspecified atom stereocenters. The number of allylic oxidation sites excluding steroid dienone is 1. The number of carbonyl (C=O) groups excluding carboxylic acids is 1. The number of aryl methyl sites for hydroxylation is 2. The molecule has 0 aliphatic carbocycles. The van der Waals surface area contributed by atoms with E-state index in [9.17, 15) is 4.79 Å². The normalized spacial score (nSPS) is 12.8. The number of benzene rings is 1. The summed E-state index contributed by atoms with van der Waals surface area (Å²) in [5.41, 5.74) is 17.2. The molecule has 0 bridgehead atoms. The lowest BCUT2D eigenvalue weighted by Crippen LogP contribution is -2.12. The van der Waals surface area contributed by atoms with Crippen LogP contribution in [0.25, 0.3) is 11.3 Å². The molecule has 0 aliphatic heterocycles. The number of nitrogens with two attached hydrogens (primary N) is 2. The van der Waals surface area contributed by atoms with Crippen molar-refractivity contribution in [2.45, 2.75) is 33.6 Å². The highest BCUT2D eigenvalue weighted by atomic mass is 16.5. The number of nitrogens with zero attached hydrogens (tertiary/aromatic N) is 2. The molecule has 0 radical (unpaired) electrons. The average Bonchev–Trinajstić information content (AvgIpc) is 3.20. The summed E-state index contributed by atoms with van der Waals surface area (Å²) in [5.74, 6) is 0.152. The number of hydrogen-bond donors (Lipinski definition) is 3. The predicted molar refractivity (Wildman–Crippen MR) is 129 cm³/mol. The monoisotopic (exact) mass is 435 g/mol. The summed E-state index contributed by atoms with van der Waals surface area (Å²) in [6.45, 7) is 7.85. The van der Waals surface area contributed by atoms with Crippen molar-refractivity contribution in [3.63, 3.8) is 0 Å². The van der Waals surface area contributed by atoms with Gasteiger partial charge in [0.1, 0.15) is 5.65 Å². The second-order valence-corrected chi connectivity index (χ2v) is 7.97. The first-order valence-electron chi connectivity index (χ1n) is 11.0. The van der Waals surface area contributed by atoms with Gasteiger partial charge >= 0.3 is 0 Å². The van der Waals surface area contributed by atoms with Crippen molar-refractivity contribution < 1.29 is 9.53 Å². The van der Waals surface area contributed by atoms with Crippen molar-refractivity contribution in [1.82, 2.24) is 9.38 Å². The standard InChI is InChI=1S/C25H33N5O2/c1-4-19(10-13-32-14-11-26)16-23(27)20-5-7-21(8-6-20)29-25(31)22-9-12-30-18(3)15-17(2)28-24(22)30/h5-9,12,15-16,19H,4,10-11,13-14,26-27H2,1-3H3,(H,29,31)/b23-16-. The lowest BCUT2D eigenvalue weighted by atomic mass is 9.99. The Balaban J connectivity index is 1.67. The number of nitrogens with one attached hydrogen (secondary N) is 1. The zero-order chi connectivity index (χ0) is 23.1. The SMILES string of the molecule is CCC(/C=C(\N)c1ccc(NC(=O)c2ccn3c(C)cc(C)nc23)cc1)CCOCCN. The first kappa shape index (κ1) is 23.5. The summed E-state index contributed by atoms with van der Waals surface area (Å²) in [5, 5.41) is 2.95. The van der Waals surface area contributed by atoms with E-state index >= 15 is 0 Å². The molecule has 5 N–H and O–H groups in total. The number of aromatic nitrogens is 2. The van der Waals surface area contributed by atoms with Crippen molar-refractivity contribution >= 4 is 22.9 Å². The van der Waals surface area contributed by atoms with Crippen LogP contribution in [0.2, 0.25) is 0 Å². The molecule has 2 aromatic heterocycles. The first-order valence-corrected chi connectivity index (χ1v) is 11.0. The summed E-state index contributed by atoms with van der Waals surface area (Å²) < 4.78 is 7.40. The third kappa shape index (κ3) is 5.75. The Kier molecular flexibility index (Phi) is 8.03. The van der Waals surface area contributed by atoms with Gasteiger partial charge in [0.2, 0.25) is 0 Å². The fourth-order valence-corrected chi connectivity index (χ4v) is 3.69. The van der Waals surface area contributed by atoms with Crippen LogP contribution in [-0.4, -0.2) is 35.1 Å². The van der Waals surface area contributed by atoms with Gasteiger partial charge in [0, 0.05) is 42.1 Å². The average molecular weight is 436 g/mol. The first-order chi connectivity index (χ1) is 15.4. The van der Waals surface area contributed by atoms with Crippen LogP contribution >= 0.6 is 0 Å². The predicted octanol–water partition coefficient (Wildman–Crippen LogP) is 3.89. The van der Waals surface area contributed by atoms with Crippen LogP contribution in [-0.2, 0) is 4.74 Å². The number of ether oxygens (including phenoxy) is 1. The maximum atomic E-state index is 12.8. The minimum absolute atomic E-state index is 0.190. The fourth-order valence-electron chi connectivity index (χ4n) is 3.69. The molecule has 3 aromatic rings. The Morgan fingerprint density at radius 3 is 2.66 bits per heavy atom. The zero-order valence-corrected chi connectivity index (χ0v) is 19.1. The number of hydrogen-bond acceptors (Lipinski definition) is 5. The molecule has 7 heteroatoms. The van der Waals surface area contributed by atoms with E-state index in [0.717, 1.165) is 35.5 Å². The van der Waals surface area contributed by atoms with Crippen molar-refractivity contribution in [2.24, 2.45) is 17.4 Å². The Hall–Kier alpha value is -3.16. The highest BCUT2D eigenvalue weighted by Gasteiger charge is 2.14. The summed E-state index contributed by atoms with van der Waals surface area (Å²) in [6, 6.07) is 11.3. The van der Waals surface area contributed by atoms with Crippen molar-refractivity contribution in [2.75, 3.05) is 25.1 Å². The number of amides is 1. The minimum atomic E-state index is -0.190. The van der Waals surface area contributed by atoms with E-state index in [1.807, 2.05) is 54.8 Å². The third-order valence-corrected chi connectivity index (χ3v) is 5.49. The lowest BCUT2D eigenvalue weighted by Gasteiger charge is -2.13. The maximum absolute atomic E-state index is 12.8. The van der Waals surface area contributed by atoms with Gasteiger partial charge in [-0.15, -0.1) is 0 Å². The van der Waals surface area contributed by atoms with E-state index in [0.29, 0.717) is 42.6 Å². The van der Waals surface area contributed by atoms with Crippen LogP contribution in [0, 0.1) is 19.8 Å². The second kappa shape index (κ2) is 10.9. The van der Waals surface area contributed by atoms with Gasteiger partial charge in [-0.2, -0.15) is 0 Å². The molecule has 7 nitrogen and oxygen atoms in total. The molecule has 3 rings (SSSR count). The molecule has 0 saturated heterocycles. The molecule has 0 aliphatic rings. The molecular weight excluding hydrogens is 402 g/mol. The Morgan fingerprint density at radius 1 is 1.22 bits per heavy atom. The molecule has 170 valence electrons. The van der Waals surface area contributed by atoms with Crippen molar-refractivity contribution in [3.05, 3.63) is 71.2 Å². The minimum Gasteiger partial charge on any atom is -0.398 e. The fraction of sp³-hybridized carbons (Fsp3) is 0.360. The van der Waals surface area contributed by atoms with E-state index in [2.05, 4.69) is 23.3 Å². The maximum Gasteiger partial charge on any atom is 0.259 e. The van der Waals surface area contributed by atoms with Gasteiger partial charge in [0.15, 0.2) is 0 Å². The molecule has 1 aromatic carbocycles. The van der Waals surface area contributed by atoms with Gasteiger partial charge in [-0.25, -0.2) is 4.98 Å². The quantitative estimate of drug-likeness (QED) is 0.419. The Bertz CT molecular complexity index is 1090. The molecule has 0 saturated carbocycles. The summed E-state index contributed by atoms with van der Waals surface area (Å²) in [4.78, 5) is 17.4. The van der Waals surface area contributed by atoms with Crippen LogP contribution in [0.3, 0.4) is 0 Å². The van der Waals surface area contributed by atoms with Gasteiger partial charge in [0.05, 0.1) is 12.2 Å². The van der Waals surface area contributed by atoms with Crippen molar-refractivity contribution in [3.8, 4) is 0 Å². The number of fused-ring (bicyclic) bond motifs is 1. The molecular formula is C25H33N5O2. The largest absolute Gasteiger partial charge is 0.398 e. The van der Waals surface area contributed by atoms with Gasteiger partial charge < -0.3 is 25.9 Å². The molecule has 0 fully saturated rings. The number of rotatable bonds is 10. The molecule has 0 spiro atoms. The Morgan fingerprint density at radius 2 is 1.97 bits per heavy atom. The van der Waals surface area contributed by atoms with Crippen LogP contribution in [0.1, 0.15) is 47.1 Å². The summed E-state index contributed by atoms with van der Waals surface area (Å²) in [6.07, 6.45) is 5.85. The van der Waals surface area contributed by atoms with Crippen LogP contribution in [0.5, 0.6) is 0 Å². The number of anilines is 1. The van der Waals surface area contributed by atoms with Crippen molar-refractivity contribution in [1.29, 1.82) is 0 Å². The lowest BCUT2D eigenvalue weighted by molar-refractivity contribution is 0.102. The van der Waals surface area contributed by atoms with E-state index < -0.39 is 0 Å². The van der Waals surface area contributed by atoms with Gasteiger partial charge in [-0.05, 0) is 62.4 Å². The zero-order valence-electron chi connectivity index (χ0n) is 19.1. The summed E-state index contributed by atoms with van der Waals surface area (Å²) in [7, 11) is 0. The van der Waals surface area contributed by atoms with E-state index in [1.54, 1.807) is 6.07 Å². The molecule has 1 atom stereocenters. The van der Waals surface area contributed by atoms with Gasteiger partial charge in [-0.3, -0.25) is 4.79 Å². The molecule has 1 amide bonds.